The van der Waals surface area contributed by atoms with Crippen LogP contribution in [0.5, 0.6) is 0 Å². The molecule has 11 heteroatoms. The second-order valence-corrected chi connectivity index (χ2v) is 6.49. The fourth-order valence-electron chi connectivity index (χ4n) is 3.03. The fourth-order valence-corrected chi connectivity index (χ4v) is 3.03. The Morgan fingerprint density at radius 2 is 1.79 bits per heavy atom. The lowest BCUT2D eigenvalue weighted by molar-refractivity contribution is -0.383. The highest BCUT2D eigenvalue weighted by Crippen LogP contribution is 2.28. The number of nitro groups is 1. The van der Waals surface area contributed by atoms with Crippen molar-refractivity contribution >= 4 is 17.3 Å². The Hall–Kier alpha value is -2.79. The molecule has 0 atom stereocenters. The van der Waals surface area contributed by atoms with Crippen molar-refractivity contribution in [3.8, 4) is 0 Å². The number of imidazole rings is 1. The first-order valence-corrected chi connectivity index (χ1v) is 9.47. The molecule has 1 saturated heterocycles. The molecule has 2 aromatic heterocycles. The minimum Gasteiger partial charge on any atom is -0.379 e. The number of nitrogens with one attached hydrogen (secondary N) is 2. The van der Waals surface area contributed by atoms with E-state index < -0.39 is 4.92 Å². The van der Waals surface area contributed by atoms with Gasteiger partial charge in [-0.05, 0) is 19.4 Å². The highest BCUT2D eigenvalue weighted by Gasteiger charge is 2.22. The SMILES string of the molecule is O=[N+]([O-])c1c(NCCCN2CCOCC2)ncnc1NCCCn1ccnc1. The fraction of sp³-hybridized carbons (Fsp3) is 0.588. The number of ether oxygens (including phenoxy) is 1. The van der Waals surface area contributed by atoms with Gasteiger partial charge >= 0.3 is 5.69 Å². The maximum Gasteiger partial charge on any atom is 0.353 e. The summed E-state index contributed by atoms with van der Waals surface area (Å²) >= 11 is 0. The molecule has 11 nitrogen and oxygen atoms in total. The summed E-state index contributed by atoms with van der Waals surface area (Å²) in [5.41, 5.74) is -0.114. The summed E-state index contributed by atoms with van der Waals surface area (Å²) in [5.74, 6) is 0.486. The van der Waals surface area contributed by atoms with Crippen LogP contribution in [0.25, 0.3) is 0 Å². The topological polar surface area (TPSA) is 123 Å². The Bertz CT molecular complexity index is 734. The Morgan fingerprint density at radius 1 is 1.11 bits per heavy atom. The van der Waals surface area contributed by atoms with Gasteiger partial charge < -0.3 is 19.9 Å². The van der Waals surface area contributed by atoms with Crippen LogP contribution in [-0.2, 0) is 11.3 Å². The molecule has 1 aliphatic rings. The molecule has 1 aliphatic heterocycles. The number of rotatable bonds is 11. The first-order chi connectivity index (χ1) is 13.7. The van der Waals surface area contributed by atoms with E-state index in [1.807, 2.05) is 10.8 Å². The summed E-state index contributed by atoms with van der Waals surface area (Å²) in [6.07, 6.45) is 8.35. The van der Waals surface area contributed by atoms with Crippen molar-refractivity contribution in [1.29, 1.82) is 0 Å². The summed E-state index contributed by atoms with van der Waals surface area (Å²) in [4.78, 5) is 25.5. The van der Waals surface area contributed by atoms with Crippen LogP contribution in [0.4, 0.5) is 17.3 Å². The first-order valence-electron chi connectivity index (χ1n) is 9.47. The number of morpholine rings is 1. The van der Waals surface area contributed by atoms with E-state index in [-0.39, 0.29) is 17.3 Å². The Labute approximate surface area is 163 Å². The molecule has 2 aromatic rings. The smallest absolute Gasteiger partial charge is 0.353 e. The monoisotopic (exact) mass is 390 g/mol. The number of anilines is 2. The predicted molar refractivity (Wildman–Crippen MR) is 104 cm³/mol. The lowest BCUT2D eigenvalue weighted by atomic mass is 10.3. The van der Waals surface area contributed by atoms with E-state index in [0.717, 1.165) is 52.2 Å². The molecule has 0 saturated carbocycles. The van der Waals surface area contributed by atoms with Crippen molar-refractivity contribution in [3.05, 3.63) is 35.2 Å². The third kappa shape index (κ3) is 5.86. The quantitative estimate of drug-likeness (QED) is 0.331. The van der Waals surface area contributed by atoms with Crippen LogP contribution in [0.1, 0.15) is 12.8 Å². The molecule has 2 N–H and O–H groups in total. The zero-order valence-electron chi connectivity index (χ0n) is 15.8. The molecular formula is C17H26N8O3. The van der Waals surface area contributed by atoms with Gasteiger partial charge in [0, 0.05) is 45.1 Å². The van der Waals surface area contributed by atoms with Gasteiger partial charge in [0.05, 0.1) is 24.5 Å². The standard InChI is InChI=1S/C17H26N8O3/c26-25(27)15-16(19-3-1-6-23-9-11-28-12-10-23)21-13-22-17(15)20-4-2-7-24-8-5-18-14-24/h5,8,13-14H,1-4,6-7,9-12H2,(H2,19,20,21,22). The summed E-state index contributed by atoms with van der Waals surface area (Å²) in [7, 11) is 0. The van der Waals surface area contributed by atoms with Crippen molar-refractivity contribution in [3.63, 3.8) is 0 Å². The highest BCUT2D eigenvalue weighted by atomic mass is 16.6. The van der Waals surface area contributed by atoms with Crippen LogP contribution in [-0.4, -0.2) is 75.3 Å². The van der Waals surface area contributed by atoms with E-state index in [4.69, 9.17) is 4.74 Å². The average molecular weight is 390 g/mol. The van der Waals surface area contributed by atoms with Gasteiger partial charge in [0.15, 0.2) is 0 Å². The number of hydrogen-bond acceptors (Lipinski definition) is 9. The molecule has 152 valence electrons. The highest BCUT2D eigenvalue weighted by molar-refractivity contribution is 5.69. The number of aromatic nitrogens is 4. The van der Waals surface area contributed by atoms with Crippen molar-refractivity contribution in [1.82, 2.24) is 24.4 Å². The van der Waals surface area contributed by atoms with E-state index in [9.17, 15) is 10.1 Å². The molecule has 3 heterocycles. The van der Waals surface area contributed by atoms with Gasteiger partial charge in [0.25, 0.3) is 0 Å². The van der Waals surface area contributed by atoms with Gasteiger partial charge in [0.1, 0.15) is 6.33 Å². The van der Waals surface area contributed by atoms with Crippen LogP contribution in [0, 0.1) is 10.1 Å². The second kappa shape index (κ2) is 10.5. The van der Waals surface area contributed by atoms with Gasteiger partial charge in [0.2, 0.25) is 11.6 Å². The second-order valence-electron chi connectivity index (χ2n) is 6.49. The maximum atomic E-state index is 11.6. The Morgan fingerprint density at radius 3 is 2.39 bits per heavy atom. The maximum absolute atomic E-state index is 11.6. The van der Waals surface area contributed by atoms with Gasteiger partial charge in [-0.2, -0.15) is 0 Å². The predicted octanol–water partition coefficient (Wildman–Crippen LogP) is 1.22. The minimum atomic E-state index is -0.442. The Kier molecular flexibility index (Phi) is 7.50. The van der Waals surface area contributed by atoms with Crippen LogP contribution in [0.2, 0.25) is 0 Å². The van der Waals surface area contributed by atoms with Gasteiger partial charge in [-0.25, -0.2) is 15.0 Å². The van der Waals surface area contributed by atoms with Crippen LogP contribution in [0.3, 0.4) is 0 Å². The van der Waals surface area contributed by atoms with Crippen LogP contribution < -0.4 is 10.6 Å². The van der Waals surface area contributed by atoms with Crippen molar-refractivity contribution in [2.75, 3.05) is 56.6 Å². The first kappa shape index (κ1) is 20.0. The molecule has 1 fully saturated rings. The number of aryl methyl sites for hydroxylation is 1. The summed E-state index contributed by atoms with van der Waals surface area (Å²) in [6.45, 7) is 6.26. The molecule has 0 radical (unpaired) electrons. The van der Waals surface area contributed by atoms with Crippen molar-refractivity contribution in [2.45, 2.75) is 19.4 Å². The van der Waals surface area contributed by atoms with E-state index in [1.54, 1.807) is 12.5 Å². The van der Waals surface area contributed by atoms with Gasteiger partial charge in [-0.3, -0.25) is 15.0 Å². The minimum absolute atomic E-state index is 0.114. The summed E-state index contributed by atoms with van der Waals surface area (Å²) in [6, 6.07) is 0. The lowest BCUT2D eigenvalue weighted by Crippen LogP contribution is -2.37. The zero-order valence-corrected chi connectivity index (χ0v) is 15.8. The number of hydrogen-bond donors (Lipinski definition) is 2. The lowest BCUT2D eigenvalue weighted by Gasteiger charge is -2.26. The molecule has 0 unspecified atom stereocenters. The molecule has 0 aromatic carbocycles. The number of nitrogens with zero attached hydrogens (tertiary/aromatic N) is 6. The molecule has 28 heavy (non-hydrogen) atoms. The van der Waals surface area contributed by atoms with E-state index in [1.165, 1.54) is 6.33 Å². The summed E-state index contributed by atoms with van der Waals surface area (Å²) < 4.78 is 7.29. The van der Waals surface area contributed by atoms with Gasteiger partial charge in [-0.1, -0.05) is 0 Å². The molecule has 0 aliphatic carbocycles. The van der Waals surface area contributed by atoms with Gasteiger partial charge in [-0.15, -0.1) is 0 Å². The molecule has 0 amide bonds. The molecule has 0 bridgehead atoms. The average Bonchev–Trinajstić information content (AvgIpc) is 3.23. The van der Waals surface area contributed by atoms with Crippen molar-refractivity contribution < 1.29 is 9.66 Å². The molecule has 0 spiro atoms. The normalized spacial score (nSPS) is 14.7. The third-order valence-corrected chi connectivity index (χ3v) is 4.50. The summed E-state index contributed by atoms with van der Waals surface area (Å²) in [5, 5.41) is 17.7. The van der Waals surface area contributed by atoms with E-state index >= 15 is 0 Å². The third-order valence-electron chi connectivity index (χ3n) is 4.50. The Balaban J connectivity index is 1.49. The van der Waals surface area contributed by atoms with Crippen LogP contribution in [0.15, 0.2) is 25.0 Å². The van der Waals surface area contributed by atoms with E-state index in [2.05, 4.69) is 30.5 Å². The molecular weight excluding hydrogens is 364 g/mol. The molecule has 3 rings (SSSR count). The zero-order chi connectivity index (χ0) is 19.6. The largest absolute Gasteiger partial charge is 0.379 e. The van der Waals surface area contributed by atoms with Crippen molar-refractivity contribution in [2.24, 2.45) is 0 Å². The van der Waals surface area contributed by atoms with E-state index in [0.29, 0.717) is 13.1 Å². The van der Waals surface area contributed by atoms with Crippen LogP contribution >= 0.6 is 0 Å².